The highest BCUT2D eigenvalue weighted by Gasteiger charge is 2.35. The molecular formula is C9H13N5O2. The smallest absolute Gasteiger partial charge is 0.280 e. The summed E-state index contributed by atoms with van der Waals surface area (Å²) in [5, 5.41) is 5.41. The van der Waals surface area contributed by atoms with Gasteiger partial charge in [-0.15, -0.1) is 0 Å². The van der Waals surface area contributed by atoms with Gasteiger partial charge in [0.25, 0.3) is 5.56 Å². The molecule has 1 aliphatic rings. The predicted octanol–water partition coefficient (Wildman–Crippen LogP) is -0.495. The fourth-order valence-corrected chi connectivity index (χ4v) is 1.44. The Bertz CT molecular complexity index is 531. The van der Waals surface area contributed by atoms with Gasteiger partial charge in [0.05, 0.1) is 0 Å². The van der Waals surface area contributed by atoms with E-state index in [1.165, 1.54) is 11.6 Å². The van der Waals surface area contributed by atoms with Crippen LogP contribution in [0.1, 0.15) is 13.8 Å². The van der Waals surface area contributed by atoms with Crippen LogP contribution in [0, 0.1) is 0 Å². The first kappa shape index (κ1) is 10.5. The number of nitrogens with zero attached hydrogens (tertiary/aromatic N) is 2. The first-order chi connectivity index (χ1) is 7.33. The Morgan fingerprint density at radius 3 is 2.62 bits per heavy atom. The van der Waals surface area contributed by atoms with Gasteiger partial charge in [-0.05, 0) is 13.8 Å². The van der Waals surface area contributed by atoms with Crippen LogP contribution in [0.2, 0.25) is 0 Å². The Labute approximate surface area is 91.7 Å². The molecule has 0 atom stereocenters. The van der Waals surface area contributed by atoms with Crippen LogP contribution in [0.15, 0.2) is 4.79 Å². The average molecular weight is 223 g/mol. The van der Waals surface area contributed by atoms with E-state index in [0.717, 1.165) is 0 Å². The Morgan fingerprint density at radius 1 is 1.38 bits per heavy atom. The van der Waals surface area contributed by atoms with Crippen LogP contribution in [0.25, 0.3) is 0 Å². The second-order valence-corrected chi connectivity index (χ2v) is 4.26. The van der Waals surface area contributed by atoms with Crippen molar-refractivity contribution in [1.29, 1.82) is 0 Å². The van der Waals surface area contributed by atoms with Crippen molar-refractivity contribution in [2.24, 2.45) is 7.05 Å². The average Bonchev–Trinajstić information content (AvgIpc) is 2.18. The van der Waals surface area contributed by atoms with E-state index in [0.29, 0.717) is 5.82 Å². The maximum Gasteiger partial charge on any atom is 0.280 e. The summed E-state index contributed by atoms with van der Waals surface area (Å²) in [5.74, 6) is 0.136. The zero-order chi connectivity index (χ0) is 12.1. The van der Waals surface area contributed by atoms with Crippen molar-refractivity contribution in [2.45, 2.75) is 19.4 Å². The lowest BCUT2D eigenvalue weighted by Gasteiger charge is -2.31. The van der Waals surface area contributed by atoms with E-state index in [4.69, 9.17) is 5.73 Å². The van der Waals surface area contributed by atoms with Gasteiger partial charge >= 0.3 is 0 Å². The quantitative estimate of drug-likeness (QED) is 0.550. The van der Waals surface area contributed by atoms with Gasteiger partial charge in [-0.3, -0.25) is 14.2 Å². The molecule has 2 rings (SSSR count). The third kappa shape index (κ3) is 1.32. The minimum atomic E-state index is -0.807. The first-order valence-corrected chi connectivity index (χ1v) is 4.79. The second-order valence-electron chi connectivity index (χ2n) is 4.26. The molecular weight excluding hydrogens is 210 g/mol. The topological polar surface area (TPSA) is 102 Å². The maximum atomic E-state index is 11.8. The predicted molar refractivity (Wildman–Crippen MR) is 60.2 cm³/mol. The molecule has 0 fully saturated rings. The largest absolute Gasteiger partial charge is 0.369 e. The van der Waals surface area contributed by atoms with E-state index in [1.807, 2.05) is 0 Å². The van der Waals surface area contributed by atoms with E-state index in [1.54, 1.807) is 13.8 Å². The molecule has 0 unspecified atom stereocenters. The van der Waals surface area contributed by atoms with Crippen LogP contribution < -0.4 is 21.9 Å². The Morgan fingerprint density at radius 2 is 2.00 bits per heavy atom. The highest BCUT2D eigenvalue weighted by molar-refractivity contribution is 6.04. The van der Waals surface area contributed by atoms with Gasteiger partial charge in [0.15, 0.2) is 11.5 Å². The van der Waals surface area contributed by atoms with Crippen molar-refractivity contribution in [2.75, 3.05) is 16.4 Å². The van der Waals surface area contributed by atoms with Crippen molar-refractivity contribution in [3.63, 3.8) is 0 Å². The molecule has 0 spiro atoms. The molecule has 0 saturated carbocycles. The Hall–Kier alpha value is -2.05. The molecule has 1 amide bonds. The number of nitrogen functional groups attached to an aromatic ring is 1. The van der Waals surface area contributed by atoms with Crippen LogP contribution in [0.5, 0.6) is 0 Å². The van der Waals surface area contributed by atoms with Gasteiger partial charge in [0, 0.05) is 7.05 Å². The van der Waals surface area contributed by atoms with Crippen molar-refractivity contribution in [3.8, 4) is 0 Å². The maximum absolute atomic E-state index is 11.8. The normalized spacial score (nSPS) is 17.3. The molecule has 0 aromatic carbocycles. The van der Waals surface area contributed by atoms with Crippen LogP contribution in [0.3, 0.4) is 0 Å². The fraction of sp³-hybridized carbons (Fsp3) is 0.444. The summed E-state index contributed by atoms with van der Waals surface area (Å²) >= 11 is 0. The molecule has 16 heavy (non-hydrogen) atoms. The monoisotopic (exact) mass is 223 g/mol. The minimum absolute atomic E-state index is 0.100. The number of carbonyl (C=O) groups excluding carboxylic acids is 1. The van der Waals surface area contributed by atoms with Crippen molar-refractivity contribution < 1.29 is 4.79 Å². The number of fused-ring (bicyclic) bond motifs is 1. The van der Waals surface area contributed by atoms with Gasteiger partial charge in [-0.2, -0.15) is 4.98 Å². The first-order valence-electron chi connectivity index (χ1n) is 4.79. The summed E-state index contributed by atoms with van der Waals surface area (Å²) in [6.07, 6.45) is 0. The van der Waals surface area contributed by atoms with Crippen LogP contribution in [-0.2, 0) is 11.8 Å². The zero-order valence-corrected chi connectivity index (χ0v) is 9.29. The minimum Gasteiger partial charge on any atom is -0.369 e. The highest BCUT2D eigenvalue weighted by atomic mass is 16.2. The summed E-state index contributed by atoms with van der Waals surface area (Å²) in [4.78, 5) is 27.4. The summed E-state index contributed by atoms with van der Waals surface area (Å²) in [7, 11) is 1.50. The van der Waals surface area contributed by atoms with Gasteiger partial charge in [-0.25, -0.2) is 0 Å². The molecule has 4 N–H and O–H groups in total. The van der Waals surface area contributed by atoms with E-state index < -0.39 is 5.54 Å². The van der Waals surface area contributed by atoms with Crippen LogP contribution in [0.4, 0.5) is 17.5 Å². The fourth-order valence-electron chi connectivity index (χ4n) is 1.44. The standard InChI is InChI=1S/C9H13N5O2/c1-9(2)7(16)11-4-5(13-9)12-8(10)14(3)6(4)15/h13H,1-3H3,(H2,10,12)(H,11,16). The number of hydrogen-bond acceptors (Lipinski definition) is 5. The van der Waals surface area contributed by atoms with E-state index in [2.05, 4.69) is 15.6 Å². The molecule has 0 radical (unpaired) electrons. The van der Waals surface area contributed by atoms with Crippen molar-refractivity contribution >= 4 is 23.4 Å². The van der Waals surface area contributed by atoms with E-state index in [-0.39, 0.29) is 23.1 Å². The summed E-state index contributed by atoms with van der Waals surface area (Å²) in [5.41, 5.74) is 4.52. The summed E-state index contributed by atoms with van der Waals surface area (Å²) < 4.78 is 1.18. The zero-order valence-electron chi connectivity index (χ0n) is 9.29. The van der Waals surface area contributed by atoms with Gasteiger partial charge in [0.1, 0.15) is 5.54 Å². The molecule has 0 bridgehead atoms. The summed E-state index contributed by atoms with van der Waals surface area (Å²) in [6.45, 7) is 3.39. The molecule has 0 saturated heterocycles. The number of carbonyl (C=O) groups is 1. The molecule has 2 heterocycles. The third-order valence-electron chi connectivity index (χ3n) is 2.56. The summed E-state index contributed by atoms with van der Waals surface area (Å²) in [6, 6.07) is 0. The van der Waals surface area contributed by atoms with E-state index in [9.17, 15) is 9.59 Å². The highest BCUT2D eigenvalue weighted by Crippen LogP contribution is 2.26. The lowest BCUT2D eigenvalue weighted by atomic mass is 10.0. The lowest BCUT2D eigenvalue weighted by Crippen LogP contribution is -2.50. The SMILES string of the molecule is Cn1c(N)nc2c(c1=O)NC(=O)C(C)(C)N2. The van der Waals surface area contributed by atoms with Gasteiger partial charge in [0.2, 0.25) is 11.9 Å². The van der Waals surface area contributed by atoms with Gasteiger partial charge < -0.3 is 16.4 Å². The molecule has 1 aromatic heterocycles. The van der Waals surface area contributed by atoms with Gasteiger partial charge in [-0.1, -0.05) is 0 Å². The number of rotatable bonds is 0. The number of nitrogens with two attached hydrogens (primary N) is 1. The Balaban J connectivity index is 2.66. The van der Waals surface area contributed by atoms with Crippen molar-refractivity contribution in [1.82, 2.24) is 9.55 Å². The molecule has 0 aliphatic carbocycles. The molecule has 1 aliphatic heterocycles. The number of anilines is 3. The molecule has 7 heteroatoms. The number of amides is 1. The second kappa shape index (κ2) is 2.97. The number of hydrogen-bond donors (Lipinski definition) is 3. The van der Waals surface area contributed by atoms with Crippen LogP contribution >= 0.6 is 0 Å². The number of nitrogens with one attached hydrogen (secondary N) is 2. The van der Waals surface area contributed by atoms with E-state index >= 15 is 0 Å². The molecule has 86 valence electrons. The number of aromatic nitrogens is 2. The molecule has 7 nitrogen and oxygen atoms in total. The lowest BCUT2D eigenvalue weighted by molar-refractivity contribution is -0.119. The molecule has 1 aromatic rings. The third-order valence-corrected chi connectivity index (χ3v) is 2.56. The van der Waals surface area contributed by atoms with Crippen molar-refractivity contribution in [3.05, 3.63) is 10.4 Å². The van der Waals surface area contributed by atoms with Crippen LogP contribution in [-0.4, -0.2) is 21.0 Å². The Kier molecular flexibility index (Phi) is 1.94.